The molecule has 1 aromatic rings. The van der Waals surface area contributed by atoms with Gasteiger partial charge in [-0.1, -0.05) is 30.3 Å². The fraction of sp³-hybridized carbons (Fsp3) is 0.417. The van der Waals surface area contributed by atoms with Crippen molar-refractivity contribution in [3.63, 3.8) is 0 Å². The van der Waals surface area contributed by atoms with Gasteiger partial charge in [-0.25, -0.2) is 0 Å². The van der Waals surface area contributed by atoms with E-state index in [4.69, 9.17) is 5.11 Å². The number of benzene rings is 1. The molecule has 3 nitrogen and oxygen atoms in total. The van der Waals surface area contributed by atoms with Gasteiger partial charge in [0.2, 0.25) is 0 Å². The smallest absolute Gasteiger partial charge is 0.307 e. The molecular formula is C12H15NO2. The van der Waals surface area contributed by atoms with Crippen LogP contribution in [0.5, 0.6) is 0 Å². The Morgan fingerprint density at radius 3 is 2.73 bits per heavy atom. The first-order chi connectivity index (χ1) is 7.25. The normalized spacial score (nSPS) is 21.7. The van der Waals surface area contributed by atoms with Crippen LogP contribution in [0.2, 0.25) is 0 Å². The summed E-state index contributed by atoms with van der Waals surface area (Å²) in [4.78, 5) is 13.0. The number of hydrogen-bond donors (Lipinski definition) is 1. The number of carboxylic acid groups (broad SMARTS) is 1. The SMILES string of the molecule is O=C(O)C1CCN(Cc2ccccc2)C1. The Bertz CT molecular complexity index is 337. The molecule has 2 rings (SSSR count). The third kappa shape index (κ3) is 2.57. The van der Waals surface area contributed by atoms with Crippen molar-refractivity contribution in [3.05, 3.63) is 35.9 Å². The van der Waals surface area contributed by atoms with E-state index in [0.29, 0.717) is 6.54 Å². The summed E-state index contributed by atoms with van der Waals surface area (Å²) in [5.74, 6) is -0.834. The Hall–Kier alpha value is -1.35. The molecule has 1 atom stereocenters. The Kier molecular flexibility index (Phi) is 3.02. The molecule has 0 aliphatic carbocycles. The molecule has 3 heteroatoms. The third-order valence-electron chi connectivity index (χ3n) is 2.87. The number of hydrogen-bond acceptors (Lipinski definition) is 2. The van der Waals surface area contributed by atoms with Gasteiger partial charge in [-0.05, 0) is 18.5 Å². The predicted octanol–water partition coefficient (Wildman–Crippen LogP) is 1.59. The van der Waals surface area contributed by atoms with E-state index >= 15 is 0 Å². The second-order valence-electron chi connectivity index (χ2n) is 4.04. The molecule has 1 N–H and O–H groups in total. The lowest BCUT2D eigenvalue weighted by Crippen LogP contribution is -2.22. The summed E-state index contributed by atoms with van der Waals surface area (Å²) in [6.45, 7) is 2.45. The lowest BCUT2D eigenvalue weighted by molar-refractivity contribution is -0.141. The highest BCUT2D eigenvalue weighted by Crippen LogP contribution is 2.18. The molecule has 0 radical (unpaired) electrons. The quantitative estimate of drug-likeness (QED) is 0.814. The van der Waals surface area contributed by atoms with Crippen molar-refractivity contribution in [2.75, 3.05) is 13.1 Å². The average molecular weight is 205 g/mol. The topological polar surface area (TPSA) is 40.5 Å². The van der Waals surface area contributed by atoms with E-state index in [1.165, 1.54) is 5.56 Å². The van der Waals surface area contributed by atoms with Crippen LogP contribution in [0.15, 0.2) is 30.3 Å². The predicted molar refractivity (Wildman–Crippen MR) is 57.5 cm³/mol. The van der Waals surface area contributed by atoms with Crippen molar-refractivity contribution in [3.8, 4) is 0 Å². The van der Waals surface area contributed by atoms with Crippen LogP contribution in [0, 0.1) is 5.92 Å². The molecule has 1 aliphatic rings. The average Bonchev–Trinajstić information content (AvgIpc) is 2.68. The van der Waals surface area contributed by atoms with E-state index in [9.17, 15) is 4.79 Å². The van der Waals surface area contributed by atoms with Crippen LogP contribution in [0.4, 0.5) is 0 Å². The zero-order valence-electron chi connectivity index (χ0n) is 8.60. The lowest BCUT2D eigenvalue weighted by Gasteiger charge is -2.14. The van der Waals surface area contributed by atoms with Crippen LogP contribution < -0.4 is 0 Å². The molecule has 80 valence electrons. The van der Waals surface area contributed by atoms with Gasteiger partial charge in [-0.3, -0.25) is 9.69 Å². The van der Waals surface area contributed by atoms with Gasteiger partial charge >= 0.3 is 5.97 Å². The van der Waals surface area contributed by atoms with Crippen LogP contribution >= 0.6 is 0 Å². The van der Waals surface area contributed by atoms with Gasteiger partial charge in [0.15, 0.2) is 0 Å². The number of likely N-dealkylation sites (tertiary alicyclic amines) is 1. The zero-order valence-corrected chi connectivity index (χ0v) is 8.60. The van der Waals surface area contributed by atoms with Crippen molar-refractivity contribution in [2.24, 2.45) is 5.92 Å². The minimum atomic E-state index is -0.662. The van der Waals surface area contributed by atoms with Crippen molar-refractivity contribution in [1.82, 2.24) is 4.90 Å². The van der Waals surface area contributed by atoms with Gasteiger partial charge in [0, 0.05) is 13.1 Å². The largest absolute Gasteiger partial charge is 0.481 e. The van der Waals surface area contributed by atoms with Crippen molar-refractivity contribution < 1.29 is 9.90 Å². The molecular weight excluding hydrogens is 190 g/mol. The van der Waals surface area contributed by atoms with Crippen LogP contribution in [-0.4, -0.2) is 29.1 Å². The molecule has 1 heterocycles. The van der Waals surface area contributed by atoms with E-state index in [2.05, 4.69) is 17.0 Å². The van der Waals surface area contributed by atoms with Crippen LogP contribution in [0.25, 0.3) is 0 Å². The molecule has 1 saturated heterocycles. The molecule has 0 aromatic heterocycles. The molecule has 0 bridgehead atoms. The number of rotatable bonds is 3. The summed E-state index contributed by atoms with van der Waals surface area (Å²) in [5, 5.41) is 8.87. The molecule has 0 saturated carbocycles. The minimum absolute atomic E-state index is 0.172. The summed E-state index contributed by atoms with van der Waals surface area (Å²) >= 11 is 0. The maximum Gasteiger partial charge on any atom is 0.307 e. The summed E-state index contributed by atoms with van der Waals surface area (Å²) in [7, 11) is 0. The van der Waals surface area contributed by atoms with Gasteiger partial charge < -0.3 is 5.11 Å². The third-order valence-corrected chi connectivity index (χ3v) is 2.87. The van der Waals surface area contributed by atoms with Gasteiger partial charge in [-0.15, -0.1) is 0 Å². The second kappa shape index (κ2) is 4.45. The zero-order chi connectivity index (χ0) is 10.7. The molecule has 15 heavy (non-hydrogen) atoms. The maximum absolute atomic E-state index is 10.8. The highest BCUT2D eigenvalue weighted by atomic mass is 16.4. The first-order valence-corrected chi connectivity index (χ1v) is 5.25. The number of carbonyl (C=O) groups is 1. The maximum atomic E-state index is 10.8. The van der Waals surface area contributed by atoms with E-state index in [1.807, 2.05) is 18.2 Å². The van der Waals surface area contributed by atoms with Gasteiger partial charge in [0.1, 0.15) is 0 Å². The van der Waals surface area contributed by atoms with Crippen LogP contribution in [0.3, 0.4) is 0 Å². The van der Waals surface area contributed by atoms with Crippen LogP contribution in [0.1, 0.15) is 12.0 Å². The Balaban J connectivity index is 1.90. The standard InChI is InChI=1S/C12H15NO2/c14-12(15)11-6-7-13(9-11)8-10-4-2-1-3-5-10/h1-5,11H,6-9H2,(H,14,15). The van der Waals surface area contributed by atoms with Crippen molar-refractivity contribution >= 4 is 5.97 Å². The van der Waals surface area contributed by atoms with Gasteiger partial charge in [0.25, 0.3) is 0 Å². The fourth-order valence-electron chi connectivity index (χ4n) is 2.02. The van der Waals surface area contributed by atoms with Crippen molar-refractivity contribution in [2.45, 2.75) is 13.0 Å². The first kappa shape index (κ1) is 10.2. The summed E-state index contributed by atoms with van der Waals surface area (Å²) < 4.78 is 0. The van der Waals surface area contributed by atoms with Gasteiger partial charge in [-0.2, -0.15) is 0 Å². The van der Waals surface area contributed by atoms with Crippen LogP contribution in [-0.2, 0) is 11.3 Å². The van der Waals surface area contributed by atoms with E-state index < -0.39 is 5.97 Å². The lowest BCUT2D eigenvalue weighted by atomic mass is 10.1. The van der Waals surface area contributed by atoms with Crippen molar-refractivity contribution in [1.29, 1.82) is 0 Å². The molecule has 1 aliphatic heterocycles. The molecule has 0 spiro atoms. The fourth-order valence-corrected chi connectivity index (χ4v) is 2.02. The Labute approximate surface area is 89.3 Å². The number of carboxylic acids is 1. The summed E-state index contributed by atoms with van der Waals surface area (Å²) in [6, 6.07) is 10.2. The van der Waals surface area contributed by atoms with E-state index in [1.54, 1.807) is 0 Å². The molecule has 1 unspecified atom stereocenters. The summed E-state index contributed by atoms with van der Waals surface area (Å²) in [5.41, 5.74) is 1.25. The monoisotopic (exact) mass is 205 g/mol. The molecule has 0 amide bonds. The summed E-state index contributed by atoms with van der Waals surface area (Å²) in [6.07, 6.45) is 0.780. The van der Waals surface area contributed by atoms with E-state index in [0.717, 1.165) is 19.5 Å². The minimum Gasteiger partial charge on any atom is -0.481 e. The van der Waals surface area contributed by atoms with Gasteiger partial charge in [0.05, 0.1) is 5.92 Å². The molecule has 1 fully saturated rings. The number of aliphatic carboxylic acids is 1. The second-order valence-corrected chi connectivity index (χ2v) is 4.04. The first-order valence-electron chi connectivity index (χ1n) is 5.25. The molecule has 1 aromatic carbocycles. The highest BCUT2D eigenvalue weighted by Gasteiger charge is 2.27. The highest BCUT2D eigenvalue weighted by molar-refractivity contribution is 5.70. The van der Waals surface area contributed by atoms with E-state index in [-0.39, 0.29) is 5.92 Å². The Morgan fingerprint density at radius 1 is 1.40 bits per heavy atom. The Morgan fingerprint density at radius 2 is 2.13 bits per heavy atom. The number of nitrogens with zero attached hydrogens (tertiary/aromatic N) is 1.